The Balaban J connectivity index is 2.81. The van der Waals surface area contributed by atoms with Crippen LogP contribution in [0.2, 0.25) is 0 Å². The molecule has 0 saturated carbocycles. The van der Waals surface area contributed by atoms with E-state index in [0.29, 0.717) is 5.56 Å². The smallest absolute Gasteiger partial charge is 0.252 e. The molecular weight excluding hydrogens is 166 g/mol. The van der Waals surface area contributed by atoms with Crippen molar-refractivity contribution in [2.24, 2.45) is 5.73 Å². The van der Waals surface area contributed by atoms with Crippen molar-refractivity contribution in [2.75, 3.05) is 0 Å². The molecule has 0 saturated heterocycles. The molecule has 0 spiro atoms. The Kier molecular flexibility index (Phi) is 1.83. The van der Waals surface area contributed by atoms with Gasteiger partial charge in [0.2, 0.25) is 0 Å². The zero-order valence-electron chi connectivity index (χ0n) is 6.95. The normalized spacial score (nSPS) is 10.5. The van der Waals surface area contributed by atoms with Crippen LogP contribution in [0.1, 0.15) is 5.56 Å². The van der Waals surface area contributed by atoms with Crippen LogP contribution in [0.4, 0.5) is 0 Å². The van der Waals surface area contributed by atoms with Gasteiger partial charge in [-0.2, -0.15) is 0 Å². The molecular formula is C9H9N3O. The van der Waals surface area contributed by atoms with Gasteiger partial charge in [0.05, 0.1) is 11.7 Å². The first-order valence-corrected chi connectivity index (χ1v) is 3.97. The Hall–Kier alpha value is -1.68. The predicted molar refractivity (Wildman–Crippen MR) is 50.3 cm³/mol. The molecule has 3 N–H and O–H groups in total. The minimum absolute atomic E-state index is 0.136. The number of H-pyrrole nitrogens is 1. The average Bonchev–Trinajstić information content (AvgIpc) is 2.17. The van der Waals surface area contributed by atoms with Gasteiger partial charge in [0, 0.05) is 23.7 Å². The number of aromatic amines is 1. The fourth-order valence-electron chi connectivity index (χ4n) is 1.24. The summed E-state index contributed by atoms with van der Waals surface area (Å²) in [5, 5.41) is 0.954. The monoisotopic (exact) mass is 175 g/mol. The van der Waals surface area contributed by atoms with E-state index < -0.39 is 0 Å². The number of nitrogens with zero attached hydrogens (tertiary/aromatic N) is 1. The molecule has 0 aliphatic carbocycles. The first-order chi connectivity index (χ1) is 6.31. The lowest BCUT2D eigenvalue weighted by Gasteiger charge is -1.98. The molecule has 0 atom stereocenters. The van der Waals surface area contributed by atoms with Crippen LogP contribution in [-0.2, 0) is 6.54 Å². The Bertz CT molecular complexity index is 489. The van der Waals surface area contributed by atoms with E-state index in [1.165, 1.54) is 0 Å². The number of hydrogen-bond acceptors (Lipinski definition) is 3. The second-order valence-corrected chi connectivity index (χ2v) is 2.79. The standard InChI is InChI=1S/C9H9N3O/c10-4-7-3-6-1-2-11-5-8(6)12-9(7)13/h1-3,5H,4,10H2,(H,12,13). The minimum atomic E-state index is -0.136. The Labute approximate surface area is 74.4 Å². The van der Waals surface area contributed by atoms with Crippen molar-refractivity contribution in [2.45, 2.75) is 6.54 Å². The first-order valence-electron chi connectivity index (χ1n) is 3.97. The molecule has 0 bridgehead atoms. The van der Waals surface area contributed by atoms with Crippen molar-refractivity contribution < 1.29 is 0 Å². The van der Waals surface area contributed by atoms with Gasteiger partial charge >= 0.3 is 0 Å². The van der Waals surface area contributed by atoms with Gasteiger partial charge in [-0.1, -0.05) is 0 Å². The molecule has 2 aromatic rings. The highest BCUT2D eigenvalue weighted by atomic mass is 16.1. The minimum Gasteiger partial charge on any atom is -0.326 e. The number of aromatic nitrogens is 2. The zero-order chi connectivity index (χ0) is 9.26. The molecule has 2 rings (SSSR count). The Morgan fingerprint density at radius 2 is 2.38 bits per heavy atom. The summed E-state index contributed by atoms with van der Waals surface area (Å²) in [5.74, 6) is 0. The molecule has 13 heavy (non-hydrogen) atoms. The van der Waals surface area contributed by atoms with E-state index in [-0.39, 0.29) is 12.1 Å². The summed E-state index contributed by atoms with van der Waals surface area (Å²) in [6.45, 7) is 0.258. The molecule has 0 radical (unpaired) electrons. The molecule has 0 fully saturated rings. The van der Waals surface area contributed by atoms with E-state index in [9.17, 15) is 4.79 Å². The quantitative estimate of drug-likeness (QED) is 0.658. The fraction of sp³-hybridized carbons (Fsp3) is 0.111. The Morgan fingerprint density at radius 1 is 1.54 bits per heavy atom. The zero-order valence-corrected chi connectivity index (χ0v) is 6.95. The highest BCUT2D eigenvalue weighted by molar-refractivity contribution is 5.77. The summed E-state index contributed by atoms with van der Waals surface area (Å²) in [6.07, 6.45) is 3.30. The summed E-state index contributed by atoms with van der Waals surface area (Å²) in [7, 11) is 0. The number of rotatable bonds is 1. The molecule has 4 heteroatoms. The SMILES string of the molecule is NCc1cc2ccncc2[nH]c1=O. The maximum Gasteiger partial charge on any atom is 0.252 e. The van der Waals surface area contributed by atoms with E-state index in [1.807, 2.05) is 6.07 Å². The third kappa shape index (κ3) is 1.31. The summed E-state index contributed by atoms with van der Waals surface area (Å²) in [5.41, 5.74) is 6.61. The maximum absolute atomic E-state index is 11.3. The van der Waals surface area contributed by atoms with E-state index >= 15 is 0 Å². The second kappa shape index (κ2) is 2.99. The number of nitrogens with two attached hydrogens (primary N) is 1. The van der Waals surface area contributed by atoms with Crippen LogP contribution < -0.4 is 11.3 Å². The lowest BCUT2D eigenvalue weighted by atomic mass is 10.2. The molecule has 2 aromatic heterocycles. The lowest BCUT2D eigenvalue weighted by Crippen LogP contribution is -2.15. The molecule has 0 aliphatic rings. The molecule has 66 valence electrons. The molecule has 0 aromatic carbocycles. The van der Waals surface area contributed by atoms with Crippen molar-refractivity contribution in [1.82, 2.24) is 9.97 Å². The number of pyridine rings is 2. The van der Waals surface area contributed by atoms with Gasteiger partial charge in [0.25, 0.3) is 5.56 Å². The number of fused-ring (bicyclic) bond motifs is 1. The summed E-state index contributed by atoms with van der Waals surface area (Å²) in [4.78, 5) is 17.9. The molecule has 2 heterocycles. The van der Waals surface area contributed by atoms with Crippen LogP contribution in [0.5, 0.6) is 0 Å². The van der Waals surface area contributed by atoms with E-state index in [0.717, 1.165) is 10.9 Å². The van der Waals surface area contributed by atoms with Crippen LogP contribution in [0.3, 0.4) is 0 Å². The average molecular weight is 175 g/mol. The summed E-state index contributed by atoms with van der Waals surface area (Å²) < 4.78 is 0. The van der Waals surface area contributed by atoms with Crippen molar-refractivity contribution in [3.8, 4) is 0 Å². The third-order valence-electron chi connectivity index (χ3n) is 1.94. The highest BCUT2D eigenvalue weighted by Crippen LogP contribution is 2.07. The van der Waals surface area contributed by atoms with Crippen LogP contribution in [0.15, 0.2) is 29.3 Å². The van der Waals surface area contributed by atoms with Gasteiger partial charge < -0.3 is 10.7 Å². The number of hydrogen-bond donors (Lipinski definition) is 2. The van der Waals surface area contributed by atoms with Gasteiger partial charge in [0.15, 0.2) is 0 Å². The predicted octanol–water partition coefficient (Wildman–Crippen LogP) is 0.382. The molecule has 0 unspecified atom stereocenters. The van der Waals surface area contributed by atoms with Gasteiger partial charge in [-0.25, -0.2) is 0 Å². The van der Waals surface area contributed by atoms with Gasteiger partial charge in [-0.05, 0) is 12.1 Å². The molecule has 0 amide bonds. The van der Waals surface area contributed by atoms with Gasteiger partial charge in [-0.15, -0.1) is 0 Å². The largest absolute Gasteiger partial charge is 0.326 e. The summed E-state index contributed by atoms with van der Waals surface area (Å²) >= 11 is 0. The van der Waals surface area contributed by atoms with E-state index in [2.05, 4.69) is 9.97 Å². The fourth-order valence-corrected chi connectivity index (χ4v) is 1.24. The molecule has 4 nitrogen and oxygen atoms in total. The second-order valence-electron chi connectivity index (χ2n) is 2.79. The van der Waals surface area contributed by atoms with Gasteiger partial charge in [0.1, 0.15) is 0 Å². The molecule has 0 aliphatic heterocycles. The van der Waals surface area contributed by atoms with Crippen molar-refractivity contribution in [1.29, 1.82) is 0 Å². The van der Waals surface area contributed by atoms with Crippen LogP contribution in [0, 0.1) is 0 Å². The van der Waals surface area contributed by atoms with Crippen molar-refractivity contribution in [3.63, 3.8) is 0 Å². The van der Waals surface area contributed by atoms with Crippen molar-refractivity contribution in [3.05, 3.63) is 40.4 Å². The van der Waals surface area contributed by atoms with Crippen LogP contribution in [0.25, 0.3) is 10.9 Å². The van der Waals surface area contributed by atoms with E-state index in [4.69, 9.17) is 5.73 Å². The Morgan fingerprint density at radius 3 is 3.15 bits per heavy atom. The lowest BCUT2D eigenvalue weighted by molar-refractivity contribution is 1.03. The van der Waals surface area contributed by atoms with Crippen LogP contribution in [-0.4, -0.2) is 9.97 Å². The van der Waals surface area contributed by atoms with Crippen LogP contribution >= 0.6 is 0 Å². The van der Waals surface area contributed by atoms with Crippen molar-refractivity contribution >= 4 is 10.9 Å². The van der Waals surface area contributed by atoms with Gasteiger partial charge in [-0.3, -0.25) is 9.78 Å². The topological polar surface area (TPSA) is 71.8 Å². The first kappa shape index (κ1) is 7.94. The highest BCUT2D eigenvalue weighted by Gasteiger charge is 1.99. The third-order valence-corrected chi connectivity index (χ3v) is 1.94. The summed E-state index contributed by atoms with van der Waals surface area (Å²) in [6, 6.07) is 3.63. The maximum atomic E-state index is 11.3. The van der Waals surface area contributed by atoms with E-state index in [1.54, 1.807) is 18.5 Å². The number of nitrogens with one attached hydrogen (secondary N) is 1.